The van der Waals surface area contributed by atoms with Crippen LogP contribution in [-0.2, 0) is 4.79 Å². The van der Waals surface area contributed by atoms with Crippen LogP contribution in [0.2, 0.25) is 0 Å². The molecule has 3 N–H and O–H groups in total. The number of nitrogens with one attached hydrogen (secondary N) is 1. The zero-order valence-electron chi connectivity index (χ0n) is 14.7. The van der Waals surface area contributed by atoms with E-state index in [2.05, 4.69) is 10.2 Å². The monoisotopic (exact) mass is 321 g/mol. The molecule has 1 saturated heterocycles. The van der Waals surface area contributed by atoms with Crippen molar-refractivity contribution >= 4 is 5.91 Å². The minimum absolute atomic E-state index is 0.225. The summed E-state index contributed by atoms with van der Waals surface area (Å²) in [5.74, 6) is 0.236. The maximum Gasteiger partial charge on any atom is 0.227 e. The third-order valence-electron chi connectivity index (χ3n) is 6.82. The van der Waals surface area contributed by atoms with Gasteiger partial charge in [0.15, 0.2) is 0 Å². The lowest BCUT2D eigenvalue weighted by atomic mass is 9.78. The van der Waals surface area contributed by atoms with Gasteiger partial charge in [-0.15, -0.1) is 0 Å². The maximum absolute atomic E-state index is 12.9. The molecular formula is C19H35N3O. The van der Waals surface area contributed by atoms with Crippen molar-refractivity contribution in [3.63, 3.8) is 0 Å². The van der Waals surface area contributed by atoms with E-state index in [0.717, 1.165) is 32.2 Å². The average molecular weight is 322 g/mol. The minimum Gasteiger partial charge on any atom is -0.354 e. The van der Waals surface area contributed by atoms with Crippen molar-refractivity contribution in [1.82, 2.24) is 10.2 Å². The van der Waals surface area contributed by atoms with Crippen LogP contribution in [0.15, 0.2) is 0 Å². The Balaban J connectivity index is 1.65. The molecule has 4 nitrogen and oxygen atoms in total. The molecule has 0 spiro atoms. The number of hydrogen-bond acceptors (Lipinski definition) is 3. The number of amides is 1. The predicted molar refractivity (Wildman–Crippen MR) is 94.2 cm³/mol. The number of carbonyl (C=O) groups excluding carboxylic acids is 1. The van der Waals surface area contributed by atoms with Crippen LogP contribution in [-0.4, -0.2) is 42.5 Å². The summed E-state index contributed by atoms with van der Waals surface area (Å²) in [5.41, 5.74) is 5.94. The Bertz CT molecular complexity index is 391. The molecule has 1 heterocycles. The summed E-state index contributed by atoms with van der Waals surface area (Å²) in [6.07, 6.45) is 14.8. The topological polar surface area (TPSA) is 58.4 Å². The fraction of sp³-hybridized carbons (Fsp3) is 0.947. The lowest BCUT2D eigenvalue weighted by Gasteiger charge is -2.48. The van der Waals surface area contributed by atoms with Crippen LogP contribution in [0.1, 0.15) is 77.0 Å². The second-order valence-corrected chi connectivity index (χ2v) is 8.21. The van der Waals surface area contributed by atoms with E-state index in [1.54, 1.807) is 0 Å². The Morgan fingerprint density at radius 3 is 2.04 bits per heavy atom. The van der Waals surface area contributed by atoms with Gasteiger partial charge in [-0.25, -0.2) is 0 Å². The molecule has 0 aromatic heterocycles. The standard InChI is InChI=1S/C19H35N3O/c20-15-18(9-5-6-10-18)17(23)21-16-19(11-3-1-4-12-19)22-13-7-2-8-14-22/h1-16,20H2,(H,21,23). The van der Waals surface area contributed by atoms with Crippen LogP contribution in [0.4, 0.5) is 0 Å². The maximum atomic E-state index is 12.9. The normalized spacial score (nSPS) is 27.7. The highest BCUT2D eigenvalue weighted by Gasteiger charge is 2.43. The Morgan fingerprint density at radius 1 is 0.870 bits per heavy atom. The molecule has 132 valence electrons. The molecule has 3 rings (SSSR count). The molecule has 0 unspecified atom stereocenters. The number of nitrogens with two attached hydrogens (primary N) is 1. The molecule has 1 amide bonds. The quantitative estimate of drug-likeness (QED) is 0.818. The van der Waals surface area contributed by atoms with Crippen LogP contribution in [0, 0.1) is 5.41 Å². The van der Waals surface area contributed by atoms with Gasteiger partial charge in [0, 0.05) is 18.6 Å². The van der Waals surface area contributed by atoms with Crippen molar-refractivity contribution in [2.45, 2.75) is 82.6 Å². The van der Waals surface area contributed by atoms with Gasteiger partial charge in [0.05, 0.1) is 5.41 Å². The molecular weight excluding hydrogens is 286 g/mol. The van der Waals surface area contributed by atoms with Gasteiger partial charge >= 0.3 is 0 Å². The number of carbonyl (C=O) groups is 1. The molecule has 3 fully saturated rings. The fourth-order valence-electron chi connectivity index (χ4n) is 5.19. The Hall–Kier alpha value is -0.610. The summed E-state index contributed by atoms with van der Waals surface area (Å²) in [6.45, 7) is 3.79. The first-order chi connectivity index (χ1) is 11.2. The van der Waals surface area contributed by atoms with E-state index in [9.17, 15) is 4.79 Å². The third kappa shape index (κ3) is 3.58. The van der Waals surface area contributed by atoms with Crippen molar-refractivity contribution in [3.05, 3.63) is 0 Å². The number of hydrogen-bond donors (Lipinski definition) is 2. The van der Waals surface area contributed by atoms with Crippen molar-refractivity contribution in [2.75, 3.05) is 26.2 Å². The highest BCUT2D eigenvalue weighted by molar-refractivity contribution is 5.83. The van der Waals surface area contributed by atoms with E-state index in [-0.39, 0.29) is 16.9 Å². The van der Waals surface area contributed by atoms with Crippen LogP contribution < -0.4 is 11.1 Å². The van der Waals surface area contributed by atoms with Crippen molar-refractivity contribution in [2.24, 2.45) is 11.1 Å². The second-order valence-electron chi connectivity index (χ2n) is 8.21. The molecule has 4 heteroatoms. The van der Waals surface area contributed by atoms with Gasteiger partial charge in [0.1, 0.15) is 0 Å². The van der Waals surface area contributed by atoms with Crippen LogP contribution >= 0.6 is 0 Å². The van der Waals surface area contributed by atoms with Gasteiger partial charge < -0.3 is 11.1 Å². The van der Waals surface area contributed by atoms with Gasteiger partial charge in [0.2, 0.25) is 5.91 Å². The SMILES string of the molecule is NCC1(C(=O)NCC2(N3CCCCC3)CCCCC2)CCCC1. The van der Waals surface area contributed by atoms with Crippen molar-refractivity contribution in [1.29, 1.82) is 0 Å². The zero-order chi connectivity index (χ0) is 16.2. The lowest BCUT2D eigenvalue weighted by molar-refractivity contribution is -0.131. The average Bonchev–Trinajstić information content (AvgIpc) is 3.12. The molecule has 2 aliphatic carbocycles. The van der Waals surface area contributed by atoms with E-state index in [1.807, 2.05) is 0 Å². The van der Waals surface area contributed by atoms with Gasteiger partial charge in [-0.3, -0.25) is 9.69 Å². The van der Waals surface area contributed by atoms with E-state index in [0.29, 0.717) is 6.54 Å². The molecule has 1 aliphatic heterocycles. The first-order valence-corrected chi connectivity index (χ1v) is 9.94. The highest BCUT2D eigenvalue weighted by Crippen LogP contribution is 2.39. The van der Waals surface area contributed by atoms with Crippen LogP contribution in [0.3, 0.4) is 0 Å². The first-order valence-electron chi connectivity index (χ1n) is 9.94. The predicted octanol–water partition coefficient (Wildman–Crippen LogP) is 2.81. The lowest BCUT2D eigenvalue weighted by Crippen LogP contribution is -2.59. The number of piperidine rings is 1. The van der Waals surface area contributed by atoms with Gasteiger partial charge in [-0.2, -0.15) is 0 Å². The van der Waals surface area contributed by atoms with E-state index in [4.69, 9.17) is 5.73 Å². The molecule has 0 bridgehead atoms. The number of nitrogens with zero attached hydrogens (tertiary/aromatic N) is 1. The van der Waals surface area contributed by atoms with Crippen LogP contribution in [0.25, 0.3) is 0 Å². The molecule has 0 radical (unpaired) electrons. The molecule has 0 atom stereocenters. The molecule has 23 heavy (non-hydrogen) atoms. The second kappa shape index (κ2) is 7.52. The first kappa shape index (κ1) is 17.2. The molecule has 3 aliphatic rings. The fourth-order valence-corrected chi connectivity index (χ4v) is 5.19. The Kier molecular flexibility index (Phi) is 5.63. The number of likely N-dealkylation sites (tertiary alicyclic amines) is 1. The van der Waals surface area contributed by atoms with Crippen molar-refractivity contribution < 1.29 is 4.79 Å². The molecule has 0 aromatic rings. The summed E-state index contributed by atoms with van der Waals surface area (Å²) >= 11 is 0. The Labute approximate surface area is 141 Å². The zero-order valence-corrected chi connectivity index (χ0v) is 14.7. The summed E-state index contributed by atoms with van der Waals surface area (Å²) < 4.78 is 0. The van der Waals surface area contributed by atoms with Gasteiger partial charge in [-0.05, 0) is 51.6 Å². The van der Waals surface area contributed by atoms with Gasteiger partial charge in [0.25, 0.3) is 0 Å². The van der Waals surface area contributed by atoms with Gasteiger partial charge in [-0.1, -0.05) is 38.5 Å². The smallest absolute Gasteiger partial charge is 0.227 e. The Morgan fingerprint density at radius 2 is 1.43 bits per heavy atom. The van der Waals surface area contributed by atoms with E-state index < -0.39 is 0 Å². The third-order valence-corrected chi connectivity index (χ3v) is 6.82. The number of rotatable bonds is 5. The van der Waals surface area contributed by atoms with E-state index >= 15 is 0 Å². The molecule has 2 saturated carbocycles. The highest BCUT2D eigenvalue weighted by atomic mass is 16.2. The minimum atomic E-state index is -0.266. The van der Waals surface area contributed by atoms with Crippen molar-refractivity contribution in [3.8, 4) is 0 Å². The molecule has 0 aromatic carbocycles. The summed E-state index contributed by atoms with van der Waals surface area (Å²) in [7, 11) is 0. The van der Waals surface area contributed by atoms with E-state index in [1.165, 1.54) is 64.5 Å². The summed E-state index contributed by atoms with van der Waals surface area (Å²) in [6, 6.07) is 0. The summed E-state index contributed by atoms with van der Waals surface area (Å²) in [4.78, 5) is 15.6. The largest absolute Gasteiger partial charge is 0.354 e. The van der Waals surface area contributed by atoms with Crippen LogP contribution in [0.5, 0.6) is 0 Å². The summed E-state index contributed by atoms with van der Waals surface area (Å²) in [5, 5.41) is 3.36.